The molecule has 40 heavy (non-hydrogen) atoms. The van der Waals surface area contributed by atoms with E-state index in [2.05, 4.69) is 36.4 Å². The van der Waals surface area contributed by atoms with Crippen LogP contribution in [0.3, 0.4) is 0 Å². The Bertz CT molecular complexity index is 1300. The van der Waals surface area contributed by atoms with Crippen molar-refractivity contribution in [3.8, 4) is 16.9 Å². The zero-order valence-electron chi connectivity index (χ0n) is 22.8. The van der Waals surface area contributed by atoms with Crippen molar-refractivity contribution in [2.75, 3.05) is 19.8 Å². The summed E-state index contributed by atoms with van der Waals surface area (Å²) < 4.78 is 16.3. The van der Waals surface area contributed by atoms with Crippen molar-refractivity contribution in [1.29, 1.82) is 0 Å². The standard InChI is InChI=1S/C35H36O5/c36-34(24-17-29-11-5-2-6-12-29)38-25-8-14-30-15-18-31(19-16-30)32-20-22-33(23-21-32)40-27-35(37)39-26-7-13-28-9-3-1-4-10-28/h1-6,9-12,15-16,18-23H,7-8,13-14,17,24-27H2. The van der Waals surface area contributed by atoms with Gasteiger partial charge in [-0.1, -0.05) is 97.1 Å². The normalized spacial score (nSPS) is 10.6. The summed E-state index contributed by atoms with van der Waals surface area (Å²) in [6.45, 7) is 0.700. The van der Waals surface area contributed by atoms with Crippen molar-refractivity contribution in [2.45, 2.75) is 38.5 Å². The molecule has 206 valence electrons. The van der Waals surface area contributed by atoms with Crippen molar-refractivity contribution < 1.29 is 23.8 Å². The van der Waals surface area contributed by atoms with Crippen molar-refractivity contribution in [3.63, 3.8) is 0 Å². The van der Waals surface area contributed by atoms with Crippen LogP contribution in [0.15, 0.2) is 109 Å². The first-order valence-corrected chi connectivity index (χ1v) is 13.9. The van der Waals surface area contributed by atoms with Gasteiger partial charge in [0.05, 0.1) is 13.2 Å². The van der Waals surface area contributed by atoms with E-state index >= 15 is 0 Å². The van der Waals surface area contributed by atoms with E-state index in [0.29, 0.717) is 31.8 Å². The molecular weight excluding hydrogens is 500 g/mol. The van der Waals surface area contributed by atoms with Crippen LogP contribution >= 0.6 is 0 Å². The van der Waals surface area contributed by atoms with Crippen LogP contribution in [0, 0.1) is 0 Å². The maximum Gasteiger partial charge on any atom is 0.344 e. The van der Waals surface area contributed by atoms with E-state index in [4.69, 9.17) is 14.2 Å². The third-order valence-corrected chi connectivity index (χ3v) is 6.55. The van der Waals surface area contributed by atoms with Crippen LogP contribution in [-0.2, 0) is 38.3 Å². The Morgan fingerprint density at radius 1 is 0.500 bits per heavy atom. The molecule has 5 heteroatoms. The number of esters is 2. The van der Waals surface area contributed by atoms with Gasteiger partial charge < -0.3 is 14.2 Å². The molecule has 0 saturated carbocycles. The van der Waals surface area contributed by atoms with Gasteiger partial charge in [-0.05, 0) is 72.1 Å². The van der Waals surface area contributed by atoms with Gasteiger partial charge in [0, 0.05) is 6.42 Å². The summed E-state index contributed by atoms with van der Waals surface area (Å²) in [7, 11) is 0. The molecule has 0 N–H and O–H groups in total. The maximum absolute atomic E-state index is 12.0. The summed E-state index contributed by atoms with van der Waals surface area (Å²) in [4.78, 5) is 24.0. The summed E-state index contributed by atoms with van der Waals surface area (Å²) in [6.07, 6.45) is 4.41. The predicted octanol–water partition coefficient (Wildman–Crippen LogP) is 7.02. The maximum atomic E-state index is 12.0. The van der Waals surface area contributed by atoms with Gasteiger partial charge in [-0.3, -0.25) is 4.79 Å². The molecule has 0 fully saturated rings. The minimum atomic E-state index is -0.366. The van der Waals surface area contributed by atoms with E-state index in [1.54, 1.807) is 0 Å². The van der Waals surface area contributed by atoms with E-state index in [1.807, 2.05) is 72.8 Å². The second-order valence-electron chi connectivity index (χ2n) is 9.63. The second kappa shape index (κ2) is 15.9. The first-order chi connectivity index (χ1) is 19.7. The molecule has 0 unspecified atom stereocenters. The highest BCUT2D eigenvalue weighted by molar-refractivity contribution is 5.71. The predicted molar refractivity (Wildman–Crippen MR) is 157 cm³/mol. The molecule has 4 rings (SSSR count). The third kappa shape index (κ3) is 10.1. The molecule has 0 aliphatic rings. The fourth-order valence-corrected chi connectivity index (χ4v) is 4.32. The quantitative estimate of drug-likeness (QED) is 0.121. The molecule has 0 spiro atoms. The van der Waals surface area contributed by atoms with Crippen molar-refractivity contribution in [2.24, 2.45) is 0 Å². The van der Waals surface area contributed by atoms with E-state index in [-0.39, 0.29) is 18.5 Å². The molecule has 0 amide bonds. The highest BCUT2D eigenvalue weighted by atomic mass is 16.6. The average Bonchev–Trinajstić information content (AvgIpc) is 3.01. The van der Waals surface area contributed by atoms with Crippen LogP contribution in [0.25, 0.3) is 11.1 Å². The molecule has 0 aliphatic heterocycles. The van der Waals surface area contributed by atoms with Crippen molar-refractivity contribution >= 4 is 11.9 Å². The minimum absolute atomic E-state index is 0.109. The fraction of sp³-hybridized carbons (Fsp3) is 0.257. The number of hydrogen-bond donors (Lipinski definition) is 0. The van der Waals surface area contributed by atoms with Gasteiger partial charge in [0.25, 0.3) is 0 Å². The van der Waals surface area contributed by atoms with Crippen LogP contribution in [-0.4, -0.2) is 31.8 Å². The lowest BCUT2D eigenvalue weighted by Gasteiger charge is -2.09. The number of aryl methyl sites for hydroxylation is 3. The van der Waals surface area contributed by atoms with E-state index in [1.165, 1.54) is 11.1 Å². The van der Waals surface area contributed by atoms with Crippen molar-refractivity contribution in [1.82, 2.24) is 0 Å². The molecule has 0 aromatic heterocycles. The summed E-state index contributed by atoms with van der Waals surface area (Å²) in [5.41, 5.74) is 5.74. The Morgan fingerprint density at radius 2 is 0.975 bits per heavy atom. The average molecular weight is 537 g/mol. The zero-order valence-corrected chi connectivity index (χ0v) is 22.8. The lowest BCUT2D eigenvalue weighted by molar-refractivity contribution is -0.146. The minimum Gasteiger partial charge on any atom is -0.482 e. The lowest BCUT2D eigenvalue weighted by atomic mass is 10.0. The van der Waals surface area contributed by atoms with Gasteiger partial charge in [0.2, 0.25) is 0 Å². The molecule has 0 heterocycles. The first-order valence-electron chi connectivity index (χ1n) is 13.9. The Kier molecular flexibility index (Phi) is 11.4. The molecule has 5 nitrogen and oxygen atoms in total. The highest BCUT2D eigenvalue weighted by Crippen LogP contribution is 2.23. The molecule has 4 aromatic rings. The van der Waals surface area contributed by atoms with Crippen LogP contribution < -0.4 is 4.74 Å². The van der Waals surface area contributed by atoms with Gasteiger partial charge in [0.15, 0.2) is 6.61 Å². The number of ether oxygens (including phenoxy) is 3. The second-order valence-corrected chi connectivity index (χ2v) is 9.63. The van der Waals surface area contributed by atoms with Crippen LogP contribution in [0.4, 0.5) is 0 Å². The zero-order chi connectivity index (χ0) is 27.8. The fourth-order valence-electron chi connectivity index (χ4n) is 4.32. The number of benzene rings is 4. The summed E-state index contributed by atoms with van der Waals surface area (Å²) >= 11 is 0. The topological polar surface area (TPSA) is 61.8 Å². The number of carbonyl (C=O) groups excluding carboxylic acids is 2. The molecule has 4 aromatic carbocycles. The van der Waals surface area contributed by atoms with E-state index < -0.39 is 0 Å². The monoisotopic (exact) mass is 536 g/mol. The van der Waals surface area contributed by atoms with Gasteiger partial charge in [-0.2, -0.15) is 0 Å². The molecule has 0 bridgehead atoms. The highest BCUT2D eigenvalue weighted by Gasteiger charge is 2.06. The Hall–Kier alpha value is -4.38. The summed E-state index contributed by atoms with van der Waals surface area (Å²) in [5.74, 6) is 0.108. The summed E-state index contributed by atoms with van der Waals surface area (Å²) in [5, 5.41) is 0. The Labute approximate surface area is 236 Å². The van der Waals surface area contributed by atoms with Gasteiger partial charge in [-0.15, -0.1) is 0 Å². The molecule has 0 aliphatic carbocycles. The molecule has 0 atom stereocenters. The number of hydrogen-bond acceptors (Lipinski definition) is 5. The van der Waals surface area contributed by atoms with E-state index in [9.17, 15) is 9.59 Å². The van der Waals surface area contributed by atoms with Gasteiger partial charge in [-0.25, -0.2) is 4.79 Å². The third-order valence-electron chi connectivity index (χ3n) is 6.55. The van der Waals surface area contributed by atoms with Crippen LogP contribution in [0.5, 0.6) is 5.75 Å². The van der Waals surface area contributed by atoms with Crippen LogP contribution in [0.2, 0.25) is 0 Å². The summed E-state index contributed by atoms with van der Waals surface area (Å²) in [6, 6.07) is 36.2. The molecule has 0 saturated heterocycles. The SMILES string of the molecule is O=C(CCc1ccccc1)OCCCc1ccc(-c2ccc(OCC(=O)OCCCc3ccccc3)cc2)cc1. The lowest BCUT2D eigenvalue weighted by Crippen LogP contribution is -2.15. The Balaban J connectivity index is 1.10. The van der Waals surface area contributed by atoms with Crippen molar-refractivity contribution in [3.05, 3.63) is 126 Å². The van der Waals surface area contributed by atoms with Crippen LogP contribution in [0.1, 0.15) is 36.0 Å². The smallest absolute Gasteiger partial charge is 0.344 e. The largest absolute Gasteiger partial charge is 0.482 e. The van der Waals surface area contributed by atoms with Gasteiger partial charge in [0.1, 0.15) is 5.75 Å². The molecule has 0 radical (unpaired) electrons. The first kappa shape index (κ1) is 28.6. The Morgan fingerprint density at radius 3 is 1.55 bits per heavy atom. The van der Waals surface area contributed by atoms with E-state index in [0.717, 1.165) is 42.4 Å². The number of carbonyl (C=O) groups is 2. The van der Waals surface area contributed by atoms with Gasteiger partial charge >= 0.3 is 11.9 Å². The molecular formula is C35H36O5. The number of rotatable bonds is 15.